The predicted molar refractivity (Wildman–Crippen MR) is 152 cm³/mol. The second-order valence-corrected chi connectivity index (χ2v) is 10.3. The van der Waals surface area contributed by atoms with Crippen LogP contribution in [0.15, 0.2) is 30.3 Å². The maximum absolute atomic E-state index is 12.9. The van der Waals surface area contributed by atoms with Crippen LogP contribution in [0.5, 0.6) is 5.75 Å². The summed E-state index contributed by atoms with van der Waals surface area (Å²) in [7, 11) is 2.05. The van der Waals surface area contributed by atoms with Crippen LogP contribution in [0.25, 0.3) is 11.1 Å². The van der Waals surface area contributed by atoms with E-state index in [4.69, 9.17) is 4.74 Å². The topological polar surface area (TPSA) is 87.6 Å². The smallest absolute Gasteiger partial charge is 0.271 e. The lowest BCUT2D eigenvalue weighted by Gasteiger charge is -2.36. The van der Waals surface area contributed by atoms with Crippen LogP contribution < -0.4 is 10.1 Å². The highest BCUT2D eigenvalue weighted by Gasteiger charge is 2.31. The minimum absolute atomic E-state index is 0. The first-order valence-corrected chi connectivity index (χ1v) is 13.3. The monoisotopic (exact) mass is 552 g/mol. The van der Waals surface area contributed by atoms with Crippen molar-refractivity contribution in [3.05, 3.63) is 41.7 Å². The molecule has 2 fully saturated rings. The number of aromatic nitrogens is 2. The van der Waals surface area contributed by atoms with Crippen LogP contribution in [0.2, 0.25) is 0 Å². The van der Waals surface area contributed by atoms with E-state index in [1.807, 2.05) is 37.4 Å². The SMILES string of the molecule is CCCCc1nnc(C(=O)NCC2(O)CCN(C)CC2)cc1-c1ccc(OC2CCCCC2)cc1.Cl.Cl. The maximum atomic E-state index is 12.9. The number of hydrogen-bond acceptors (Lipinski definition) is 6. The van der Waals surface area contributed by atoms with Gasteiger partial charge in [0.05, 0.1) is 17.4 Å². The first-order chi connectivity index (χ1) is 17.0. The molecule has 1 aromatic heterocycles. The fraction of sp³-hybridized carbons (Fsp3) is 0.607. The molecule has 0 bridgehead atoms. The Hall–Kier alpha value is -1.93. The molecule has 7 nitrogen and oxygen atoms in total. The molecule has 1 aliphatic heterocycles. The summed E-state index contributed by atoms with van der Waals surface area (Å²) in [6.45, 7) is 4.02. The predicted octanol–water partition coefficient (Wildman–Crippen LogP) is 5.23. The summed E-state index contributed by atoms with van der Waals surface area (Å²) in [4.78, 5) is 15.1. The highest BCUT2D eigenvalue weighted by Crippen LogP contribution is 2.29. The number of aliphatic hydroxyl groups is 1. The molecular formula is C28H42Cl2N4O3. The van der Waals surface area contributed by atoms with Crippen molar-refractivity contribution in [3.63, 3.8) is 0 Å². The summed E-state index contributed by atoms with van der Waals surface area (Å²) in [5.74, 6) is 0.590. The summed E-state index contributed by atoms with van der Waals surface area (Å²) in [5, 5.41) is 22.4. The van der Waals surface area contributed by atoms with E-state index >= 15 is 0 Å². The lowest BCUT2D eigenvalue weighted by atomic mass is 9.91. The number of ether oxygens (including phenoxy) is 1. The van der Waals surface area contributed by atoms with Crippen LogP contribution >= 0.6 is 24.8 Å². The number of hydrogen-bond donors (Lipinski definition) is 2. The van der Waals surface area contributed by atoms with Gasteiger partial charge >= 0.3 is 0 Å². The summed E-state index contributed by atoms with van der Waals surface area (Å²) >= 11 is 0. The fourth-order valence-corrected chi connectivity index (χ4v) is 4.94. The van der Waals surface area contributed by atoms with Crippen LogP contribution in [-0.2, 0) is 6.42 Å². The number of nitrogens with one attached hydrogen (secondary N) is 1. The van der Waals surface area contributed by atoms with Gasteiger partial charge < -0.3 is 20.1 Å². The molecule has 1 saturated heterocycles. The van der Waals surface area contributed by atoms with Crippen molar-refractivity contribution in [3.8, 4) is 16.9 Å². The van der Waals surface area contributed by atoms with Crippen LogP contribution in [0, 0.1) is 0 Å². The zero-order chi connectivity index (χ0) is 24.7. The van der Waals surface area contributed by atoms with Crippen molar-refractivity contribution in [1.29, 1.82) is 0 Å². The molecule has 1 aromatic carbocycles. The zero-order valence-corrected chi connectivity index (χ0v) is 23.7. The second kappa shape index (κ2) is 14.9. The number of halogens is 2. The molecule has 1 saturated carbocycles. The van der Waals surface area contributed by atoms with Gasteiger partial charge in [0, 0.05) is 25.2 Å². The molecule has 2 aliphatic rings. The molecule has 206 valence electrons. The third-order valence-corrected chi connectivity index (χ3v) is 7.39. The van der Waals surface area contributed by atoms with E-state index in [1.165, 1.54) is 19.3 Å². The normalized spacial score (nSPS) is 17.8. The molecule has 2 aromatic rings. The van der Waals surface area contributed by atoms with Gasteiger partial charge in [-0.25, -0.2) is 0 Å². The van der Waals surface area contributed by atoms with Crippen molar-refractivity contribution in [2.45, 2.75) is 82.8 Å². The largest absolute Gasteiger partial charge is 0.490 e. The van der Waals surface area contributed by atoms with Gasteiger partial charge in [0.15, 0.2) is 5.69 Å². The Morgan fingerprint density at radius 2 is 1.78 bits per heavy atom. The van der Waals surface area contributed by atoms with Gasteiger partial charge in [0.25, 0.3) is 5.91 Å². The Balaban J connectivity index is 0.00000241. The number of benzene rings is 1. The highest BCUT2D eigenvalue weighted by atomic mass is 35.5. The van der Waals surface area contributed by atoms with E-state index in [2.05, 4.69) is 27.3 Å². The highest BCUT2D eigenvalue weighted by molar-refractivity contribution is 5.93. The Labute approximate surface area is 233 Å². The molecule has 4 rings (SSSR count). The van der Waals surface area contributed by atoms with Crippen LogP contribution in [0.1, 0.15) is 80.9 Å². The number of rotatable bonds is 9. The van der Waals surface area contributed by atoms with Gasteiger partial charge in [-0.1, -0.05) is 31.9 Å². The molecule has 2 N–H and O–H groups in total. The summed E-state index contributed by atoms with van der Waals surface area (Å²) in [6, 6.07) is 9.97. The first kappa shape index (κ1) is 31.3. The quantitative estimate of drug-likeness (QED) is 0.443. The second-order valence-electron chi connectivity index (χ2n) is 10.3. The Kier molecular flexibility index (Phi) is 12.6. The number of carbonyl (C=O) groups is 1. The van der Waals surface area contributed by atoms with Crippen molar-refractivity contribution < 1.29 is 14.6 Å². The third-order valence-electron chi connectivity index (χ3n) is 7.39. The minimum atomic E-state index is -0.867. The number of nitrogens with zero attached hydrogens (tertiary/aromatic N) is 3. The number of piperidine rings is 1. The van der Waals surface area contributed by atoms with Gasteiger partial charge in [-0.15, -0.1) is 29.9 Å². The van der Waals surface area contributed by atoms with Crippen LogP contribution in [-0.4, -0.2) is 64.5 Å². The molecule has 0 spiro atoms. The average Bonchev–Trinajstić information content (AvgIpc) is 2.89. The molecule has 37 heavy (non-hydrogen) atoms. The molecule has 2 heterocycles. The van der Waals surface area contributed by atoms with E-state index in [0.29, 0.717) is 18.9 Å². The Morgan fingerprint density at radius 1 is 1.11 bits per heavy atom. The molecule has 0 radical (unpaired) electrons. The van der Waals surface area contributed by atoms with Crippen LogP contribution in [0.4, 0.5) is 0 Å². The molecule has 0 unspecified atom stereocenters. The van der Waals surface area contributed by atoms with Gasteiger partial charge in [-0.05, 0) is 82.2 Å². The summed E-state index contributed by atoms with van der Waals surface area (Å²) in [6.07, 6.45) is 10.5. The van der Waals surface area contributed by atoms with Crippen molar-refractivity contribution >= 4 is 30.7 Å². The average molecular weight is 554 g/mol. The van der Waals surface area contributed by atoms with Crippen molar-refractivity contribution in [2.24, 2.45) is 0 Å². The van der Waals surface area contributed by atoms with Crippen LogP contribution in [0.3, 0.4) is 0 Å². The molecule has 0 atom stereocenters. The molecule has 1 amide bonds. The van der Waals surface area contributed by atoms with Gasteiger partial charge in [-0.2, -0.15) is 5.10 Å². The number of likely N-dealkylation sites (tertiary alicyclic amines) is 1. The van der Waals surface area contributed by atoms with E-state index in [0.717, 1.165) is 67.8 Å². The van der Waals surface area contributed by atoms with E-state index in [1.54, 1.807) is 0 Å². The van der Waals surface area contributed by atoms with Crippen molar-refractivity contribution in [2.75, 3.05) is 26.7 Å². The van der Waals surface area contributed by atoms with Gasteiger partial charge in [-0.3, -0.25) is 4.79 Å². The minimum Gasteiger partial charge on any atom is -0.490 e. The van der Waals surface area contributed by atoms with E-state index in [9.17, 15) is 9.90 Å². The lowest BCUT2D eigenvalue weighted by Crippen LogP contribution is -2.50. The number of amides is 1. The van der Waals surface area contributed by atoms with E-state index < -0.39 is 5.60 Å². The van der Waals surface area contributed by atoms with Gasteiger partial charge in [0.2, 0.25) is 0 Å². The standard InChI is InChI=1S/C28H40N4O3.2ClH/c1-3-4-10-25-24(21-11-13-23(14-12-21)35-22-8-6-5-7-9-22)19-26(31-30-25)27(33)29-20-28(34)15-17-32(2)18-16-28;;/h11-14,19,22,34H,3-10,15-18,20H2,1-2H3,(H,29,33);2*1H. The first-order valence-electron chi connectivity index (χ1n) is 13.3. The number of carbonyl (C=O) groups excluding carboxylic acids is 1. The van der Waals surface area contributed by atoms with Crippen molar-refractivity contribution in [1.82, 2.24) is 20.4 Å². The summed E-state index contributed by atoms with van der Waals surface area (Å²) in [5.41, 5.74) is 2.25. The lowest BCUT2D eigenvalue weighted by molar-refractivity contribution is -0.0135. The van der Waals surface area contributed by atoms with E-state index in [-0.39, 0.29) is 43.0 Å². The Morgan fingerprint density at radius 3 is 2.43 bits per heavy atom. The maximum Gasteiger partial charge on any atom is 0.271 e. The summed E-state index contributed by atoms with van der Waals surface area (Å²) < 4.78 is 6.19. The number of aryl methyl sites for hydroxylation is 1. The Bertz CT molecular complexity index is 976. The third kappa shape index (κ3) is 8.81. The molecule has 9 heteroatoms. The van der Waals surface area contributed by atoms with Gasteiger partial charge in [0.1, 0.15) is 5.75 Å². The fourth-order valence-electron chi connectivity index (χ4n) is 4.94. The number of unbranched alkanes of at least 4 members (excludes halogenated alkanes) is 1. The zero-order valence-electron chi connectivity index (χ0n) is 22.1. The molecular weight excluding hydrogens is 511 g/mol. The molecule has 1 aliphatic carbocycles.